The average Bonchev–Trinajstić information content (AvgIpc) is 3.51. The van der Waals surface area contributed by atoms with Crippen LogP contribution in [0.1, 0.15) is 38.5 Å². The molecule has 2 saturated heterocycles. The number of amides is 4. The standard InChI is InChI=1S/C27H45N7O6S/c1-33(25(36)7-3-2-6-23-26-22(21-41-23)31-27(37)32-26)20-24(35)30-10-16-40-19-13-34(11-17-38-14-4-8-28)12-18-39-15-5-9-29/h22-23,26H,2-7,10-21H2,1H3,(H,30,35)(H2,31,32,37)/t22-,23-,26-/m0/s1. The van der Waals surface area contributed by atoms with E-state index in [2.05, 4.69) is 20.9 Å². The van der Waals surface area contributed by atoms with Crippen molar-refractivity contribution in [1.82, 2.24) is 25.8 Å². The summed E-state index contributed by atoms with van der Waals surface area (Å²) in [4.78, 5) is 39.7. The molecular weight excluding hydrogens is 550 g/mol. The van der Waals surface area contributed by atoms with Gasteiger partial charge in [-0.05, 0) is 12.8 Å². The van der Waals surface area contributed by atoms with Crippen LogP contribution in [0, 0.1) is 22.7 Å². The molecule has 2 aliphatic rings. The second kappa shape index (κ2) is 21.1. The SMILES string of the molecule is CN(CC(=O)NCCOCCN(CCOCCC#N)CCOCCC#N)C(=O)CCCC[C@@H]1SC[C@@H]2NC(=O)N[C@@H]21. The van der Waals surface area contributed by atoms with Crippen molar-refractivity contribution < 1.29 is 28.6 Å². The summed E-state index contributed by atoms with van der Waals surface area (Å²) in [5.41, 5.74) is 0. The average molecular weight is 596 g/mol. The van der Waals surface area contributed by atoms with Crippen molar-refractivity contribution in [2.45, 2.75) is 55.9 Å². The van der Waals surface area contributed by atoms with Crippen LogP contribution in [-0.2, 0) is 23.8 Å². The lowest BCUT2D eigenvalue weighted by Crippen LogP contribution is -2.39. The second-order valence-electron chi connectivity index (χ2n) is 9.96. The minimum atomic E-state index is -0.229. The molecule has 0 unspecified atom stereocenters. The van der Waals surface area contributed by atoms with Crippen LogP contribution in [0.3, 0.4) is 0 Å². The number of hydrogen-bond donors (Lipinski definition) is 3. The molecule has 0 aromatic carbocycles. The summed E-state index contributed by atoms with van der Waals surface area (Å²) in [7, 11) is 1.64. The van der Waals surface area contributed by atoms with Crippen LogP contribution in [-0.4, -0.2) is 130 Å². The topological polar surface area (TPSA) is 169 Å². The van der Waals surface area contributed by atoms with E-state index in [1.165, 1.54) is 4.90 Å². The Morgan fingerprint density at radius 1 is 0.976 bits per heavy atom. The monoisotopic (exact) mass is 595 g/mol. The van der Waals surface area contributed by atoms with E-state index in [4.69, 9.17) is 24.7 Å². The Labute approximate surface area is 247 Å². The predicted octanol–water partition coefficient (Wildman–Crippen LogP) is 0.466. The summed E-state index contributed by atoms with van der Waals surface area (Å²) in [5.74, 6) is 0.639. The molecule has 4 amide bonds. The van der Waals surface area contributed by atoms with Gasteiger partial charge in [-0.2, -0.15) is 22.3 Å². The zero-order valence-electron chi connectivity index (χ0n) is 24.1. The first-order chi connectivity index (χ1) is 19.9. The number of thioether (sulfide) groups is 1. The van der Waals surface area contributed by atoms with E-state index in [1.54, 1.807) is 7.05 Å². The van der Waals surface area contributed by atoms with E-state index >= 15 is 0 Å². The fourth-order valence-electron chi connectivity index (χ4n) is 4.54. The number of rotatable bonds is 23. The van der Waals surface area contributed by atoms with Crippen LogP contribution in [0.4, 0.5) is 4.79 Å². The lowest BCUT2D eigenvalue weighted by atomic mass is 10.0. The molecule has 2 rings (SSSR count). The van der Waals surface area contributed by atoms with Gasteiger partial charge in [-0.15, -0.1) is 0 Å². The second-order valence-corrected chi connectivity index (χ2v) is 11.2. The Hall–Kier alpha value is -2.62. The fraction of sp³-hybridized carbons (Fsp3) is 0.815. The minimum Gasteiger partial charge on any atom is -0.379 e. The zero-order chi connectivity index (χ0) is 29.7. The number of hydrogen-bond acceptors (Lipinski definition) is 10. The molecule has 14 heteroatoms. The highest BCUT2D eigenvalue weighted by atomic mass is 32.2. The Bertz CT molecular complexity index is 859. The smallest absolute Gasteiger partial charge is 0.315 e. The van der Waals surface area contributed by atoms with Crippen molar-refractivity contribution in [2.24, 2.45) is 0 Å². The highest BCUT2D eigenvalue weighted by molar-refractivity contribution is 8.00. The number of nitrogens with zero attached hydrogens (tertiary/aromatic N) is 4. The molecular formula is C27H45N7O6S. The molecule has 230 valence electrons. The maximum absolute atomic E-state index is 12.4. The van der Waals surface area contributed by atoms with Gasteiger partial charge in [0.05, 0.1) is 83.2 Å². The van der Waals surface area contributed by atoms with Gasteiger partial charge >= 0.3 is 6.03 Å². The van der Waals surface area contributed by atoms with E-state index in [-0.39, 0.29) is 36.5 Å². The van der Waals surface area contributed by atoms with Crippen LogP contribution in [0.25, 0.3) is 0 Å². The number of likely N-dealkylation sites (N-methyl/N-ethyl adjacent to an activating group) is 1. The number of unbranched alkanes of at least 4 members (excludes halogenated alkanes) is 1. The van der Waals surface area contributed by atoms with Gasteiger partial charge in [-0.1, -0.05) is 6.42 Å². The normalized spacial score (nSPS) is 19.2. The number of nitrogens with one attached hydrogen (secondary N) is 3. The molecule has 3 N–H and O–H groups in total. The summed E-state index contributed by atoms with van der Waals surface area (Å²) >= 11 is 1.87. The summed E-state index contributed by atoms with van der Waals surface area (Å²) in [6, 6.07) is 4.39. The first-order valence-electron chi connectivity index (χ1n) is 14.3. The van der Waals surface area contributed by atoms with Crippen LogP contribution in [0.2, 0.25) is 0 Å². The molecule has 0 radical (unpaired) electrons. The maximum Gasteiger partial charge on any atom is 0.315 e. The van der Waals surface area contributed by atoms with Crippen LogP contribution in [0.15, 0.2) is 0 Å². The largest absolute Gasteiger partial charge is 0.379 e. The van der Waals surface area contributed by atoms with Crippen molar-refractivity contribution in [3.63, 3.8) is 0 Å². The van der Waals surface area contributed by atoms with Gasteiger partial charge in [0.25, 0.3) is 0 Å². The summed E-state index contributed by atoms with van der Waals surface area (Å²) < 4.78 is 16.6. The Kier molecular flexibility index (Phi) is 17.8. The summed E-state index contributed by atoms with van der Waals surface area (Å²) in [5, 5.41) is 26.3. The van der Waals surface area contributed by atoms with E-state index < -0.39 is 0 Å². The third-order valence-corrected chi connectivity index (χ3v) is 8.32. The zero-order valence-corrected chi connectivity index (χ0v) is 24.9. The number of carbonyl (C=O) groups is 3. The maximum atomic E-state index is 12.4. The van der Waals surface area contributed by atoms with Gasteiger partial charge in [0.15, 0.2) is 0 Å². The molecule has 41 heavy (non-hydrogen) atoms. The summed E-state index contributed by atoms with van der Waals surface area (Å²) in [6.45, 7) is 4.97. The number of urea groups is 1. The van der Waals surface area contributed by atoms with Crippen molar-refractivity contribution >= 4 is 29.6 Å². The van der Waals surface area contributed by atoms with Gasteiger partial charge in [0.2, 0.25) is 11.8 Å². The number of nitriles is 2. The molecule has 0 aromatic heterocycles. The molecule has 0 bridgehead atoms. The molecule has 3 atom stereocenters. The Morgan fingerprint density at radius 3 is 2.24 bits per heavy atom. The predicted molar refractivity (Wildman–Crippen MR) is 154 cm³/mol. The number of carbonyl (C=O) groups excluding carboxylic acids is 3. The number of ether oxygens (including phenoxy) is 3. The highest BCUT2D eigenvalue weighted by Gasteiger charge is 2.42. The van der Waals surface area contributed by atoms with E-state index in [0.29, 0.717) is 90.3 Å². The quantitative estimate of drug-likeness (QED) is 0.111. The van der Waals surface area contributed by atoms with Gasteiger partial charge in [0, 0.05) is 50.7 Å². The first kappa shape index (κ1) is 34.6. The third-order valence-electron chi connectivity index (χ3n) is 6.81. The molecule has 2 fully saturated rings. The molecule has 0 saturated carbocycles. The van der Waals surface area contributed by atoms with Gasteiger partial charge in [-0.3, -0.25) is 14.5 Å². The third kappa shape index (κ3) is 14.7. The van der Waals surface area contributed by atoms with Gasteiger partial charge in [0.1, 0.15) is 0 Å². The van der Waals surface area contributed by atoms with Crippen molar-refractivity contribution in [2.75, 3.05) is 85.2 Å². The molecule has 0 aliphatic carbocycles. The van der Waals surface area contributed by atoms with Crippen LogP contribution >= 0.6 is 11.8 Å². The van der Waals surface area contributed by atoms with Crippen LogP contribution in [0.5, 0.6) is 0 Å². The van der Waals surface area contributed by atoms with E-state index in [1.807, 2.05) is 23.9 Å². The molecule has 13 nitrogen and oxygen atoms in total. The first-order valence-corrected chi connectivity index (χ1v) is 15.4. The lowest BCUT2D eigenvalue weighted by Gasteiger charge is -2.22. The molecule has 2 aliphatic heterocycles. The van der Waals surface area contributed by atoms with Crippen molar-refractivity contribution in [3.05, 3.63) is 0 Å². The van der Waals surface area contributed by atoms with Gasteiger partial charge in [-0.25, -0.2) is 4.79 Å². The van der Waals surface area contributed by atoms with E-state index in [9.17, 15) is 14.4 Å². The fourth-order valence-corrected chi connectivity index (χ4v) is 6.08. The van der Waals surface area contributed by atoms with Gasteiger partial charge < -0.3 is 35.1 Å². The Balaban J connectivity index is 1.50. The molecule has 0 spiro atoms. The number of fused-ring (bicyclic) bond motifs is 1. The molecule has 2 heterocycles. The van der Waals surface area contributed by atoms with E-state index in [0.717, 1.165) is 25.0 Å². The molecule has 0 aromatic rings. The van der Waals surface area contributed by atoms with Crippen molar-refractivity contribution in [1.29, 1.82) is 10.5 Å². The highest BCUT2D eigenvalue weighted by Crippen LogP contribution is 2.33. The lowest BCUT2D eigenvalue weighted by molar-refractivity contribution is -0.134. The Morgan fingerprint density at radius 2 is 1.61 bits per heavy atom. The summed E-state index contributed by atoms with van der Waals surface area (Å²) in [6.07, 6.45) is 3.72. The van der Waals surface area contributed by atoms with Crippen LogP contribution < -0.4 is 16.0 Å². The van der Waals surface area contributed by atoms with Crippen molar-refractivity contribution in [3.8, 4) is 12.1 Å². The minimum absolute atomic E-state index is 0.00411.